The van der Waals surface area contributed by atoms with Crippen LogP contribution in [-0.2, 0) is 11.2 Å². The lowest BCUT2D eigenvalue weighted by molar-refractivity contribution is -0.123. The highest BCUT2D eigenvalue weighted by atomic mass is 32.1. The average Bonchev–Trinajstić information content (AvgIpc) is 2.71. The molecule has 3 nitrogen and oxygen atoms in total. The molecule has 0 unspecified atom stereocenters. The number of carbonyl (C=O) groups is 1. The van der Waals surface area contributed by atoms with Crippen LogP contribution in [0.15, 0.2) is 24.3 Å². The van der Waals surface area contributed by atoms with Crippen LogP contribution in [0.3, 0.4) is 0 Å². The topological polar surface area (TPSA) is 46.3 Å². The number of hydrogen-bond donors (Lipinski definition) is 1. The molecule has 0 bridgehead atoms. The number of amides is 1. The zero-order valence-electron chi connectivity index (χ0n) is 10.1. The van der Waals surface area contributed by atoms with Crippen LogP contribution in [0, 0.1) is 5.41 Å². The van der Waals surface area contributed by atoms with Gasteiger partial charge in [-0.2, -0.15) is 0 Å². The van der Waals surface area contributed by atoms with E-state index in [9.17, 15) is 4.79 Å². The van der Waals surface area contributed by atoms with Crippen molar-refractivity contribution >= 4 is 28.8 Å². The van der Waals surface area contributed by atoms with Crippen LogP contribution in [0.2, 0.25) is 0 Å². The molecule has 1 aliphatic rings. The van der Waals surface area contributed by atoms with Crippen molar-refractivity contribution in [2.75, 3.05) is 11.4 Å². The Hall–Kier alpha value is -1.42. The van der Waals surface area contributed by atoms with Crippen molar-refractivity contribution in [1.82, 2.24) is 0 Å². The maximum Gasteiger partial charge on any atom is 0.239 e. The first-order valence-electron chi connectivity index (χ1n) is 5.64. The Morgan fingerprint density at radius 3 is 2.71 bits per heavy atom. The molecule has 0 saturated heterocycles. The molecule has 2 rings (SSSR count). The highest BCUT2D eigenvalue weighted by molar-refractivity contribution is 7.80. The molecule has 1 aliphatic heterocycles. The first kappa shape index (κ1) is 12.0. The summed E-state index contributed by atoms with van der Waals surface area (Å²) in [5.74, 6) is -0.0186. The van der Waals surface area contributed by atoms with Crippen LogP contribution in [0.1, 0.15) is 19.4 Å². The van der Waals surface area contributed by atoms with Gasteiger partial charge < -0.3 is 10.6 Å². The molecular formula is C13H16N2OS. The second-order valence-electron chi connectivity index (χ2n) is 4.82. The minimum atomic E-state index is -0.785. The average molecular weight is 248 g/mol. The molecule has 0 aromatic heterocycles. The first-order valence-corrected chi connectivity index (χ1v) is 6.05. The van der Waals surface area contributed by atoms with E-state index in [-0.39, 0.29) is 10.9 Å². The van der Waals surface area contributed by atoms with Crippen LogP contribution in [0.25, 0.3) is 0 Å². The van der Waals surface area contributed by atoms with E-state index in [1.54, 1.807) is 18.7 Å². The van der Waals surface area contributed by atoms with E-state index >= 15 is 0 Å². The van der Waals surface area contributed by atoms with Crippen LogP contribution >= 0.6 is 12.2 Å². The molecule has 0 spiro atoms. The number of carbonyl (C=O) groups excluding carboxylic acids is 1. The summed E-state index contributed by atoms with van der Waals surface area (Å²) >= 11 is 4.97. The molecule has 17 heavy (non-hydrogen) atoms. The fraction of sp³-hybridized carbons (Fsp3) is 0.385. The van der Waals surface area contributed by atoms with Gasteiger partial charge in [-0.3, -0.25) is 4.79 Å². The van der Waals surface area contributed by atoms with Crippen LogP contribution in [0.4, 0.5) is 5.69 Å². The Morgan fingerprint density at radius 1 is 1.41 bits per heavy atom. The van der Waals surface area contributed by atoms with Gasteiger partial charge in [-0.15, -0.1) is 0 Å². The quantitative estimate of drug-likeness (QED) is 0.813. The maximum atomic E-state index is 12.4. The van der Waals surface area contributed by atoms with Crippen molar-refractivity contribution in [3.63, 3.8) is 0 Å². The van der Waals surface area contributed by atoms with E-state index < -0.39 is 5.41 Å². The number of hydrogen-bond acceptors (Lipinski definition) is 2. The van der Waals surface area contributed by atoms with Gasteiger partial charge in [-0.25, -0.2) is 0 Å². The Bertz CT molecular complexity index is 482. The Kier molecular flexibility index (Phi) is 2.91. The Balaban J connectivity index is 2.33. The minimum absolute atomic E-state index is 0.0186. The zero-order chi connectivity index (χ0) is 12.6. The summed E-state index contributed by atoms with van der Waals surface area (Å²) in [6.07, 6.45) is 0.898. The van der Waals surface area contributed by atoms with Crippen molar-refractivity contribution < 1.29 is 4.79 Å². The molecule has 0 atom stereocenters. The fourth-order valence-corrected chi connectivity index (χ4v) is 2.08. The molecule has 0 fully saturated rings. The molecule has 0 aliphatic carbocycles. The second kappa shape index (κ2) is 4.11. The van der Waals surface area contributed by atoms with Gasteiger partial charge in [0.05, 0.1) is 10.4 Å². The minimum Gasteiger partial charge on any atom is -0.392 e. The highest BCUT2D eigenvalue weighted by Gasteiger charge is 2.37. The van der Waals surface area contributed by atoms with Gasteiger partial charge in [-0.05, 0) is 31.9 Å². The van der Waals surface area contributed by atoms with Gasteiger partial charge in [0.1, 0.15) is 0 Å². The molecule has 1 heterocycles. The highest BCUT2D eigenvalue weighted by Crippen LogP contribution is 2.31. The number of benzene rings is 1. The van der Waals surface area contributed by atoms with Gasteiger partial charge in [0.15, 0.2) is 0 Å². The summed E-state index contributed by atoms with van der Waals surface area (Å²) in [6.45, 7) is 4.27. The molecule has 4 heteroatoms. The van der Waals surface area contributed by atoms with Crippen LogP contribution < -0.4 is 10.6 Å². The summed E-state index contributed by atoms with van der Waals surface area (Å²) in [5, 5.41) is 0. The number of nitrogens with two attached hydrogens (primary N) is 1. The number of fused-ring (bicyclic) bond motifs is 1. The van der Waals surface area contributed by atoms with Gasteiger partial charge in [0.2, 0.25) is 5.91 Å². The summed E-state index contributed by atoms with van der Waals surface area (Å²) in [4.78, 5) is 14.5. The van der Waals surface area contributed by atoms with Gasteiger partial charge in [0.25, 0.3) is 0 Å². The number of thiocarbonyl (C=S) groups is 1. The third kappa shape index (κ3) is 1.93. The van der Waals surface area contributed by atoms with Crippen molar-refractivity contribution in [2.24, 2.45) is 11.1 Å². The number of anilines is 1. The molecule has 1 aromatic rings. The van der Waals surface area contributed by atoms with E-state index in [1.807, 2.05) is 18.2 Å². The molecule has 1 amide bonds. The zero-order valence-corrected chi connectivity index (χ0v) is 10.9. The predicted octanol–water partition coefficient (Wildman–Crippen LogP) is 1.89. The lowest BCUT2D eigenvalue weighted by Gasteiger charge is -2.28. The molecule has 0 saturated carbocycles. The smallest absolute Gasteiger partial charge is 0.239 e. The van der Waals surface area contributed by atoms with Crippen LogP contribution in [-0.4, -0.2) is 17.4 Å². The van der Waals surface area contributed by atoms with Crippen molar-refractivity contribution in [3.8, 4) is 0 Å². The first-order chi connectivity index (χ1) is 7.94. The molecule has 1 aromatic carbocycles. The standard InChI is InChI=1S/C13H16N2OS/c1-13(2,11(14)17)12(16)15-8-7-9-5-3-4-6-10(9)15/h3-6H,7-8H2,1-2H3,(H2,14,17). The van der Waals surface area contributed by atoms with E-state index in [2.05, 4.69) is 6.07 Å². The molecule has 90 valence electrons. The lowest BCUT2D eigenvalue weighted by Crippen LogP contribution is -2.46. The Labute approximate surface area is 107 Å². The number of nitrogens with zero attached hydrogens (tertiary/aromatic N) is 1. The third-order valence-electron chi connectivity index (χ3n) is 3.28. The van der Waals surface area contributed by atoms with E-state index in [1.165, 1.54) is 5.56 Å². The summed E-state index contributed by atoms with van der Waals surface area (Å²) < 4.78 is 0. The van der Waals surface area contributed by atoms with E-state index in [4.69, 9.17) is 18.0 Å². The predicted molar refractivity (Wildman–Crippen MR) is 73.1 cm³/mol. The van der Waals surface area contributed by atoms with E-state index in [0.29, 0.717) is 6.54 Å². The van der Waals surface area contributed by atoms with Crippen molar-refractivity contribution in [2.45, 2.75) is 20.3 Å². The maximum absolute atomic E-state index is 12.4. The Morgan fingerprint density at radius 2 is 2.06 bits per heavy atom. The number of rotatable bonds is 2. The summed E-state index contributed by atoms with van der Waals surface area (Å²) in [5.41, 5.74) is 7.05. The molecular weight excluding hydrogens is 232 g/mol. The fourth-order valence-electron chi connectivity index (χ4n) is 1.99. The summed E-state index contributed by atoms with van der Waals surface area (Å²) in [6, 6.07) is 7.95. The van der Waals surface area contributed by atoms with E-state index in [0.717, 1.165) is 12.1 Å². The largest absolute Gasteiger partial charge is 0.392 e. The number of para-hydroxylation sites is 1. The lowest BCUT2D eigenvalue weighted by atomic mass is 9.91. The normalized spacial score (nSPS) is 14.6. The molecule has 2 N–H and O–H groups in total. The van der Waals surface area contributed by atoms with Gasteiger partial charge >= 0.3 is 0 Å². The second-order valence-corrected chi connectivity index (χ2v) is 5.26. The van der Waals surface area contributed by atoms with Gasteiger partial charge in [0, 0.05) is 12.2 Å². The monoisotopic (exact) mass is 248 g/mol. The summed E-state index contributed by atoms with van der Waals surface area (Å²) in [7, 11) is 0. The third-order valence-corrected chi connectivity index (χ3v) is 3.79. The molecule has 0 radical (unpaired) electrons. The van der Waals surface area contributed by atoms with Crippen molar-refractivity contribution in [1.29, 1.82) is 0 Å². The van der Waals surface area contributed by atoms with Crippen LogP contribution in [0.5, 0.6) is 0 Å². The SMILES string of the molecule is CC(C)(C(=O)N1CCc2ccccc21)C(N)=S. The van der Waals surface area contributed by atoms with Gasteiger partial charge in [-0.1, -0.05) is 30.4 Å². The van der Waals surface area contributed by atoms with Crippen molar-refractivity contribution in [3.05, 3.63) is 29.8 Å².